The maximum atomic E-state index is 11.9. The van der Waals surface area contributed by atoms with Gasteiger partial charge in [0.1, 0.15) is 4.90 Å². The summed E-state index contributed by atoms with van der Waals surface area (Å²) in [4.78, 5) is 21.5. The lowest BCUT2D eigenvalue weighted by molar-refractivity contribution is -0.384. The molecule has 1 amide bonds. The van der Waals surface area contributed by atoms with Gasteiger partial charge in [0.2, 0.25) is 0 Å². The van der Waals surface area contributed by atoms with Crippen molar-refractivity contribution < 1.29 is 18.1 Å². The van der Waals surface area contributed by atoms with Crippen molar-refractivity contribution in [3.8, 4) is 0 Å². The third-order valence-corrected chi connectivity index (χ3v) is 4.50. The van der Waals surface area contributed by atoms with Crippen molar-refractivity contribution >= 4 is 33.2 Å². The molecule has 0 aliphatic carbocycles. The Morgan fingerprint density at radius 2 is 2.06 bits per heavy atom. The quantitative estimate of drug-likeness (QED) is 0.469. The SMILES string of the molecule is O=C1c2cc([N+](=O)[O-])ccc2S(=O)(=O)N1CCCl. The molecule has 0 N–H and O–H groups in total. The van der Waals surface area contributed by atoms with E-state index >= 15 is 0 Å². The van der Waals surface area contributed by atoms with Crippen LogP contribution in [0.3, 0.4) is 0 Å². The van der Waals surface area contributed by atoms with Crippen LogP contribution in [0.2, 0.25) is 0 Å². The topological polar surface area (TPSA) is 97.6 Å². The van der Waals surface area contributed by atoms with Crippen molar-refractivity contribution in [3.63, 3.8) is 0 Å². The van der Waals surface area contributed by atoms with E-state index in [1.54, 1.807) is 0 Å². The largest absolute Gasteiger partial charge is 0.270 e. The lowest BCUT2D eigenvalue weighted by atomic mass is 10.2. The molecule has 0 bridgehead atoms. The van der Waals surface area contributed by atoms with Crippen LogP contribution in [0, 0.1) is 10.1 Å². The molecule has 1 heterocycles. The van der Waals surface area contributed by atoms with Crippen LogP contribution in [0.5, 0.6) is 0 Å². The Morgan fingerprint density at radius 1 is 1.39 bits per heavy atom. The number of carbonyl (C=O) groups excluding carboxylic acids is 1. The first-order valence-corrected chi connectivity index (χ1v) is 6.78. The summed E-state index contributed by atoms with van der Waals surface area (Å²) in [6.45, 7) is -0.162. The van der Waals surface area contributed by atoms with Gasteiger partial charge in [-0.15, -0.1) is 11.6 Å². The molecule has 0 aromatic heterocycles. The van der Waals surface area contributed by atoms with Crippen LogP contribution in [0.25, 0.3) is 0 Å². The Kier molecular flexibility index (Phi) is 2.99. The monoisotopic (exact) mass is 290 g/mol. The van der Waals surface area contributed by atoms with Gasteiger partial charge in [-0.1, -0.05) is 0 Å². The lowest BCUT2D eigenvalue weighted by Crippen LogP contribution is -2.31. The summed E-state index contributed by atoms with van der Waals surface area (Å²) in [5.41, 5.74) is -0.514. The zero-order valence-electron chi connectivity index (χ0n) is 8.87. The third-order valence-electron chi connectivity index (χ3n) is 2.49. The molecule has 9 heteroatoms. The zero-order valence-corrected chi connectivity index (χ0v) is 10.4. The molecule has 1 aromatic rings. The number of nitro benzene ring substituents is 1. The third kappa shape index (κ3) is 1.73. The number of amides is 1. The van der Waals surface area contributed by atoms with Crippen molar-refractivity contribution in [1.29, 1.82) is 0 Å². The lowest BCUT2D eigenvalue weighted by Gasteiger charge is -2.12. The molecule has 2 rings (SSSR count). The minimum absolute atomic E-state index is 0.0406. The fourth-order valence-electron chi connectivity index (χ4n) is 1.68. The molecule has 0 fully saturated rings. The van der Waals surface area contributed by atoms with Crippen molar-refractivity contribution in [1.82, 2.24) is 4.31 Å². The summed E-state index contributed by atoms with van der Waals surface area (Å²) < 4.78 is 24.5. The van der Waals surface area contributed by atoms with Gasteiger partial charge in [0, 0.05) is 18.0 Å². The molecule has 0 saturated carbocycles. The first-order valence-electron chi connectivity index (χ1n) is 4.81. The minimum atomic E-state index is -3.92. The number of hydrogen-bond donors (Lipinski definition) is 0. The van der Waals surface area contributed by atoms with Crippen LogP contribution in [-0.4, -0.2) is 36.0 Å². The van der Waals surface area contributed by atoms with Crippen molar-refractivity contribution in [3.05, 3.63) is 33.9 Å². The van der Waals surface area contributed by atoms with Gasteiger partial charge >= 0.3 is 0 Å². The standard InChI is InChI=1S/C9H7ClN2O5S/c10-3-4-11-9(13)7-5-6(12(14)15)1-2-8(7)18(11,16)17/h1-2,5H,3-4H2. The van der Waals surface area contributed by atoms with E-state index in [2.05, 4.69) is 0 Å². The van der Waals surface area contributed by atoms with E-state index in [0.717, 1.165) is 18.2 Å². The second-order valence-corrected chi connectivity index (χ2v) is 5.72. The van der Waals surface area contributed by atoms with Gasteiger partial charge < -0.3 is 0 Å². The Morgan fingerprint density at radius 3 is 2.61 bits per heavy atom. The molecule has 7 nitrogen and oxygen atoms in total. The van der Waals surface area contributed by atoms with Crippen LogP contribution in [0.4, 0.5) is 5.69 Å². The summed E-state index contributed by atoms with van der Waals surface area (Å²) in [6.07, 6.45) is 0. The van der Waals surface area contributed by atoms with Crippen LogP contribution >= 0.6 is 11.6 Å². The molecule has 1 aromatic carbocycles. The van der Waals surface area contributed by atoms with Crippen LogP contribution in [0.1, 0.15) is 10.4 Å². The number of carbonyl (C=O) groups is 1. The highest BCUT2D eigenvalue weighted by molar-refractivity contribution is 7.90. The molecular weight excluding hydrogens is 284 g/mol. The summed E-state index contributed by atoms with van der Waals surface area (Å²) in [7, 11) is -3.92. The molecule has 0 unspecified atom stereocenters. The molecule has 0 saturated heterocycles. The summed E-state index contributed by atoms with van der Waals surface area (Å²) >= 11 is 5.43. The Hall–Kier alpha value is -1.67. The molecule has 0 atom stereocenters. The number of nitrogens with zero attached hydrogens (tertiary/aromatic N) is 2. The van der Waals surface area contributed by atoms with E-state index in [0.29, 0.717) is 4.31 Å². The predicted molar refractivity (Wildman–Crippen MR) is 62.0 cm³/mol. The number of hydrogen-bond acceptors (Lipinski definition) is 5. The Bertz CT molecular complexity index is 642. The van der Waals surface area contributed by atoms with Crippen molar-refractivity contribution in [2.45, 2.75) is 4.90 Å². The molecule has 96 valence electrons. The van der Waals surface area contributed by atoms with Crippen LogP contribution in [-0.2, 0) is 10.0 Å². The number of benzene rings is 1. The number of sulfonamides is 1. The highest BCUT2D eigenvalue weighted by Gasteiger charge is 2.41. The van der Waals surface area contributed by atoms with Crippen LogP contribution in [0.15, 0.2) is 23.1 Å². The van der Waals surface area contributed by atoms with Crippen molar-refractivity contribution in [2.75, 3.05) is 12.4 Å². The van der Waals surface area contributed by atoms with E-state index in [1.165, 1.54) is 0 Å². The Labute approximate surface area is 107 Å². The van der Waals surface area contributed by atoms with Gasteiger partial charge in [-0.2, -0.15) is 0 Å². The summed E-state index contributed by atoms with van der Waals surface area (Å²) in [5, 5.41) is 10.6. The highest BCUT2D eigenvalue weighted by Crippen LogP contribution is 2.32. The average Bonchev–Trinajstić information content (AvgIpc) is 2.51. The van der Waals surface area contributed by atoms with E-state index < -0.39 is 20.9 Å². The summed E-state index contributed by atoms with van der Waals surface area (Å²) in [6, 6.07) is 3.08. The number of alkyl halides is 1. The number of halogens is 1. The number of non-ortho nitro benzene ring substituents is 1. The fourth-order valence-corrected chi connectivity index (χ4v) is 3.50. The normalized spacial score (nSPS) is 16.7. The van der Waals surface area contributed by atoms with Gasteiger partial charge in [-0.3, -0.25) is 14.9 Å². The molecule has 0 spiro atoms. The van der Waals surface area contributed by atoms with Gasteiger partial charge in [0.25, 0.3) is 21.6 Å². The minimum Gasteiger partial charge on any atom is -0.268 e. The molecule has 18 heavy (non-hydrogen) atoms. The number of fused-ring (bicyclic) bond motifs is 1. The molecule has 1 aliphatic rings. The summed E-state index contributed by atoms with van der Waals surface area (Å²) in [5.74, 6) is -0.824. The highest BCUT2D eigenvalue weighted by atomic mass is 35.5. The van der Waals surface area contributed by atoms with Gasteiger partial charge in [0.15, 0.2) is 0 Å². The molecule has 1 aliphatic heterocycles. The van der Waals surface area contributed by atoms with E-state index in [9.17, 15) is 23.3 Å². The molecule has 0 radical (unpaired) electrons. The number of nitro groups is 1. The van der Waals surface area contributed by atoms with Gasteiger partial charge in [-0.05, 0) is 6.07 Å². The average molecular weight is 291 g/mol. The predicted octanol–water partition coefficient (Wildman–Crippen LogP) is 0.978. The van der Waals surface area contributed by atoms with Gasteiger partial charge in [-0.25, -0.2) is 12.7 Å². The van der Waals surface area contributed by atoms with E-state index in [4.69, 9.17) is 11.6 Å². The first-order chi connectivity index (χ1) is 8.39. The first kappa shape index (κ1) is 12.8. The fraction of sp³-hybridized carbons (Fsp3) is 0.222. The van der Waals surface area contributed by atoms with Crippen molar-refractivity contribution in [2.24, 2.45) is 0 Å². The van der Waals surface area contributed by atoms with Gasteiger partial charge in [0.05, 0.1) is 17.0 Å². The number of rotatable bonds is 3. The molecular formula is C9H7ClN2O5S. The van der Waals surface area contributed by atoms with Crippen LogP contribution < -0.4 is 0 Å². The van der Waals surface area contributed by atoms with E-state index in [-0.39, 0.29) is 28.6 Å². The zero-order chi connectivity index (χ0) is 13.5. The maximum absolute atomic E-state index is 11.9. The Balaban J connectivity index is 2.61. The maximum Gasteiger partial charge on any atom is 0.270 e. The smallest absolute Gasteiger partial charge is 0.268 e. The van der Waals surface area contributed by atoms with E-state index in [1.807, 2.05) is 0 Å². The second-order valence-electron chi connectivity index (χ2n) is 3.51. The second kappa shape index (κ2) is 4.21.